The fourth-order valence-corrected chi connectivity index (χ4v) is 3.92. The number of amides is 1. The van der Waals surface area contributed by atoms with E-state index in [0.717, 1.165) is 22.2 Å². The first kappa shape index (κ1) is 13.9. The predicted molar refractivity (Wildman–Crippen MR) is 84.4 cm³/mol. The number of aryl methyl sites for hydroxylation is 1. The van der Waals surface area contributed by atoms with Gasteiger partial charge in [0.15, 0.2) is 0 Å². The molecule has 0 radical (unpaired) electrons. The van der Waals surface area contributed by atoms with Gasteiger partial charge in [0.1, 0.15) is 11.0 Å². The predicted octanol–water partition coefficient (Wildman–Crippen LogP) is 2.62. The minimum atomic E-state index is -0.470. The Bertz CT molecular complexity index is 800. The van der Waals surface area contributed by atoms with E-state index in [1.165, 1.54) is 0 Å². The normalized spacial score (nSPS) is 20.0. The quantitative estimate of drug-likeness (QED) is 0.701. The van der Waals surface area contributed by atoms with Crippen molar-refractivity contribution in [1.82, 2.24) is 9.97 Å². The van der Waals surface area contributed by atoms with Crippen molar-refractivity contribution >= 4 is 34.1 Å². The Kier molecular flexibility index (Phi) is 2.93. The summed E-state index contributed by atoms with van der Waals surface area (Å²) in [5, 5.41) is 1.22. The van der Waals surface area contributed by atoms with Crippen molar-refractivity contribution in [2.75, 3.05) is 25.2 Å². The maximum atomic E-state index is 12.9. The number of rotatable bonds is 0. The standard InChI is InChI=1S/C16H16ClN3O2/c1-9-18-12-8-11-13(7-10(12)14(17)19-9)20(2)15(21)16(11)3-5-22-6-4-16/h7-8H,3-6H2,1-2H3. The second-order valence-corrected chi connectivity index (χ2v) is 6.36. The van der Waals surface area contributed by atoms with Gasteiger partial charge in [0.2, 0.25) is 5.91 Å². The van der Waals surface area contributed by atoms with E-state index in [1.807, 2.05) is 26.1 Å². The van der Waals surface area contributed by atoms with Crippen molar-refractivity contribution in [2.24, 2.45) is 0 Å². The van der Waals surface area contributed by atoms with Crippen molar-refractivity contribution in [3.8, 4) is 0 Å². The smallest absolute Gasteiger partial charge is 0.237 e. The van der Waals surface area contributed by atoms with Crippen LogP contribution in [0.1, 0.15) is 24.2 Å². The van der Waals surface area contributed by atoms with Crippen LogP contribution in [0.25, 0.3) is 10.9 Å². The molecule has 114 valence electrons. The lowest BCUT2D eigenvalue weighted by Gasteiger charge is -2.32. The second kappa shape index (κ2) is 4.64. The largest absolute Gasteiger partial charge is 0.381 e. The highest BCUT2D eigenvalue weighted by atomic mass is 35.5. The molecular weight excluding hydrogens is 302 g/mol. The molecule has 0 saturated carbocycles. The third-order valence-corrected chi connectivity index (χ3v) is 5.10. The zero-order valence-corrected chi connectivity index (χ0v) is 13.3. The van der Waals surface area contributed by atoms with E-state index in [9.17, 15) is 4.79 Å². The molecule has 2 aliphatic heterocycles. The van der Waals surface area contributed by atoms with Gasteiger partial charge in [-0.1, -0.05) is 11.6 Å². The van der Waals surface area contributed by atoms with Crippen molar-refractivity contribution in [1.29, 1.82) is 0 Å². The number of ether oxygens (including phenoxy) is 1. The van der Waals surface area contributed by atoms with Crippen LogP contribution in [0, 0.1) is 6.92 Å². The first-order valence-electron chi connectivity index (χ1n) is 7.37. The summed E-state index contributed by atoms with van der Waals surface area (Å²) < 4.78 is 5.46. The molecule has 0 unspecified atom stereocenters. The highest BCUT2D eigenvalue weighted by Gasteiger charge is 2.50. The second-order valence-electron chi connectivity index (χ2n) is 6.01. The monoisotopic (exact) mass is 317 g/mol. The Labute approximate surface area is 133 Å². The van der Waals surface area contributed by atoms with Crippen LogP contribution in [-0.2, 0) is 14.9 Å². The molecule has 1 amide bonds. The number of aromatic nitrogens is 2. The molecule has 22 heavy (non-hydrogen) atoms. The molecule has 1 saturated heterocycles. The Hall–Kier alpha value is -1.72. The average molecular weight is 318 g/mol. The molecule has 0 bridgehead atoms. The summed E-state index contributed by atoms with van der Waals surface area (Å²) >= 11 is 6.25. The maximum absolute atomic E-state index is 12.9. The molecule has 2 aromatic rings. The van der Waals surface area contributed by atoms with Crippen LogP contribution in [0.2, 0.25) is 5.15 Å². The minimum absolute atomic E-state index is 0.141. The lowest BCUT2D eigenvalue weighted by molar-refractivity contribution is -0.126. The van der Waals surface area contributed by atoms with Crippen LogP contribution in [0.3, 0.4) is 0 Å². The maximum Gasteiger partial charge on any atom is 0.237 e. The number of likely N-dealkylation sites (N-methyl/N-ethyl adjacent to an activating group) is 1. The zero-order chi connectivity index (χ0) is 15.5. The van der Waals surface area contributed by atoms with Crippen LogP contribution in [0.15, 0.2) is 12.1 Å². The number of nitrogens with zero attached hydrogens (tertiary/aromatic N) is 3. The van der Waals surface area contributed by atoms with E-state index in [-0.39, 0.29) is 5.91 Å². The fourth-order valence-electron chi connectivity index (χ4n) is 3.65. The van der Waals surface area contributed by atoms with Crippen molar-refractivity contribution < 1.29 is 9.53 Å². The lowest BCUT2D eigenvalue weighted by Crippen LogP contribution is -2.42. The van der Waals surface area contributed by atoms with E-state index < -0.39 is 5.41 Å². The third-order valence-electron chi connectivity index (χ3n) is 4.82. The van der Waals surface area contributed by atoms with Crippen molar-refractivity contribution in [3.63, 3.8) is 0 Å². The molecule has 0 aliphatic carbocycles. The topological polar surface area (TPSA) is 55.3 Å². The molecule has 1 fully saturated rings. The van der Waals surface area contributed by atoms with Crippen molar-refractivity contribution in [2.45, 2.75) is 25.2 Å². The van der Waals surface area contributed by atoms with Gasteiger partial charge >= 0.3 is 0 Å². The summed E-state index contributed by atoms with van der Waals surface area (Å²) in [7, 11) is 1.82. The van der Waals surface area contributed by atoms with Gasteiger partial charge in [-0.05, 0) is 37.5 Å². The van der Waals surface area contributed by atoms with Gasteiger partial charge in [0.05, 0.1) is 10.9 Å². The number of carbonyl (C=O) groups is 1. The van der Waals surface area contributed by atoms with E-state index in [0.29, 0.717) is 37.0 Å². The van der Waals surface area contributed by atoms with E-state index in [2.05, 4.69) is 9.97 Å². The summed E-state index contributed by atoms with van der Waals surface area (Å²) in [5.41, 5.74) is 2.28. The van der Waals surface area contributed by atoms with Crippen LogP contribution in [-0.4, -0.2) is 36.1 Å². The Morgan fingerprint density at radius 1 is 1.27 bits per heavy atom. The molecule has 0 N–H and O–H groups in total. The van der Waals surface area contributed by atoms with Gasteiger partial charge in [-0.25, -0.2) is 9.97 Å². The summed E-state index contributed by atoms with van der Waals surface area (Å²) in [6.07, 6.45) is 1.43. The first-order valence-corrected chi connectivity index (χ1v) is 7.75. The highest BCUT2D eigenvalue weighted by molar-refractivity contribution is 6.34. The van der Waals surface area contributed by atoms with Gasteiger partial charge in [-0.3, -0.25) is 4.79 Å². The summed E-state index contributed by atoms with van der Waals surface area (Å²) in [5.74, 6) is 0.776. The summed E-state index contributed by atoms with van der Waals surface area (Å²) in [4.78, 5) is 23.3. The lowest BCUT2D eigenvalue weighted by atomic mass is 9.75. The number of anilines is 1. The molecule has 1 aromatic heterocycles. The van der Waals surface area contributed by atoms with Crippen LogP contribution in [0.5, 0.6) is 0 Å². The molecule has 1 aromatic carbocycles. The van der Waals surface area contributed by atoms with Crippen LogP contribution in [0.4, 0.5) is 5.69 Å². The number of carbonyl (C=O) groups excluding carboxylic acids is 1. The number of hydrogen-bond acceptors (Lipinski definition) is 4. The highest BCUT2D eigenvalue weighted by Crippen LogP contribution is 2.48. The molecule has 4 rings (SSSR count). The van der Waals surface area contributed by atoms with Gasteiger partial charge in [0.25, 0.3) is 0 Å². The summed E-state index contributed by atoms with van der Waals surface area (Å²) in [6.45, 7) is 3.04. The van der Waals surface area contributed by atoms with Crippen LogP contribution < -0.4 is 4.90 Å². The molecule has 2 aliphatic rings. The minimum Gasteiger partial charge on any atom is -0.381 e. The first-order chi connectivity index (χ1) is 10.5. The number of halogens is 1. The van der Waals surface area contributed by atoms with E-state index >= 15 is 0 Å². The van der Waals surface area contributed by atoms with E-state index in [1.54, 1.807) is 4.90 Å². The van der Waals surface area contributed by atoms with Crippen LogP contribution >= 0.6 is 11.6 Å². The third kappa shape index (κ3) is 1.72. The van der Waals surface area contributed by atoms with Gasteiger partial charge in [-0.15, -0.1) is 0 Å². The Morgan fingerprint density at radius 2 is 2.00 bits per heavy atom. The van der Waals surface area contributed by atoms with E-state index in [4.69, 9.17) is 16.3 Å². The molecular formula is C16H16ClN3O2. The average Bonchev–Trinajstić information content (AvgIpc) is 2.69. The zero-order valence-electron chi connectivity index (χ0n) is 12.5. The van der Waals surface area contributed by atoms with Gasteiger partial charge in [-0.2, -0.15) is 0 Å². The SMILES string of the molecule is Cc1nc(Cl)c2cc3c(cc2n1)C1(CCOCC1)C(=O)N3C. The molecule has 3 heterocycles. The number of hydrogen-bond donors (Lipinski definition) is 0. The van der Waals surface area contributed by atoms with Crippen molar-refractivity contribution in [3.05, 3.63) is 28.7 Å². The molecule has 5 nitrogen and oxygen atoms in total. The fraction of sp³-hybridized carbons (Fsp3) is 0.438. The number of fused-ring (bicyclic) bond motifs is 3. The van der Waals surface area contributed by atoms with Gasteiger partial charge in [0, 0.05) is 31.3 Å². The summed E-state index contributed by atoms with van der Waals surface area (Å²) in [6, 6.07) is 3.95. The molecule has 0 atom stereocenters. The molecule has 1 spiro atoms. The number of benzene rings is 1. The van der Waals surface area contributed by atoms with Gasteiger partial charge < -0.3 is 9.64 Å². The Balaban J connectivity index is 2.01. The molecule has 6 heteroatoms. The Morgan fingerprint density at radius 3 is 2.73 bits per heavy atom.